The summed E-state index contributed by atoms with van der Waals surface area (Å²) in [4.78, 5) is 30.4. The number of nitrogens with zero attached hydrogens (tertiary/aromatic N) is 4. The van der Waals surface area contributed by atoms with Crippen LogP contribution in [0.15, 0.2) is 30.3 Å². The highest BCUT2D eigenvalue weighted by Crippen LogP contribution is 2.45. The van der Waals surface area contributed by atoms with Crippen molar-refractivity contribution in [2.24, 2.45) is 0 Å². The van der Waals surface area contributed by atoms with Gasteiger partial charge in [0.2, 0.25) is 5.91 Å². The average molecular weight is 478 g/mol. The summed E-state index contributed by atoms with van der Waals surface area (Å²) in [6.07, 6.45) is 6.17. The van der Waals surface area contributed by atoms with Gasteiger partial charge in [-0.05, 0) is 51.0 Å². The number of carbonyl (C=O) groups excluding carboxylic acids is 1. The number of amides is 1. The maximum atomic E-state index is 13.3. The molecule has 1 aliphatic carbocycles. The number of hydrogen-bond donors (Lipinski definition) is 1. The second-order valence-corrected chi connectivity index (χ2v) is 10.7. The Labute approximate surface area is 204 Å². The molecule has 6 rings (SSSR count). The third-order valence-corrected chi connectivity index (χ3v) is 8.40. The fraction of sp³-hybridized carbons (Fsp3) is 0.538. The van der Waals surface area contributed by atoms with Crippen LogP contribution in [0.5, 0.6) is 0 Å². The van der Waals surface area contributed by atoms with Crippen LogP contribution in [-0.4, -0.2) is 46.7 Å². The largest absolute Gasteiger partial charge is 0.381 e. The van der Waals surface area contributed by atoms with Crippen LogP contribution in [0.4, 0.5) is 5.13 Å². The van der Waals surface area contributed by atoms with Gasteiger partial charge in [0.1, 0.15) is 11.9 Å². The molecule has 7 nitrogen and oxygen atoms in total. The van der Waals surface area contributed by atoms with Crippen molar-refractivity contribution in [1.82, 2.24) is 20.3 Å². The van der Waals surface area contributed by atoms with E-state index in [1.54, 1.807) is 11.3 Å². The zero-order valence-electron chi connectivity index (χ0n) is 19.6. The fourth-order valence-corrected chi connectivity index (χ4v) is 6.30. The number of anilines is 1. The standard InChI is InChI=1S/C26H31N5O2S/c1-16(17-6-3-2-4-7-17)27-25(32)20-8-5-13-31(20)26-30-24-22(34-26)21(18-9-10-18)28-23(29-24)19-11-14-33-15-12-19/h2-4,6-7,16,18-20H,5,8-15H2,1H3,(H,27,32)/t16-,20-/m1/s1. The molecular formula is C26H31N5O2S. The number of carbonyl (C=O) groups is 1. The van der Waals surface area contributed by atoms with Crippen LogP contribution in [0.3, 0.4) is 0 Å². The van der Waals surface area contributed by atoms with E-state index in [2.05, 4.69) is 22.3 Å². The van der Waals surface area contributed by atoms with Gasteiger partial charge in [-0.15, -0.1) is 0 Å². The molecule has 8 heteroatoms. The molecule has 0 bridgehead atoms. The lowest BCUT2D eigenvalue weighted by atomic mass is 9.99. The van der Waals surface area contributed by atoms with Gasteiger partial charge in [0, 0.05) is 31.6 Å². The summed E-state index contributed by atoms with van der Waals surface area (Å²) >= 11 is 1.67. The Hall–Kier alpha value is -2.58. The molecule has 2 aromatic heterocycles. The van der Waals surface area contributed by atoms with Gasteiger partial charge < -0.3 is 15.0 Å². The lowest BCUT2D eigenvalue weighted by Gasteiger charge is -2.25. The Morgan fingerprint density at radius 1 is 1.06 bits per heavy atom. The van der Waals surface area contributed by atoms with Crippen molar-refractivity contribution in [2.75, 3.05) is 24.7 Å². The molecule has 34 heavy (non-hydrogen) atoms. The van der Waals surface area contributed by atoms with Gasteiger partial charge in [0.25, 0.3) is 0 Å². The van der Waals surface area contributed by atoms with Crippen LogP contribution in [0.1, 0.15) is 80.4 Å². The van der Waals surface area contributed by atoms with Crippen LogP contribution in [0, 0.1) is 0 Å². The molecule has 1 amide bonds. The Morgan fingerprint density at radius 3 is 2.62 bits per heavy atom. The van der Waals surface area contributed by atoms with Gasteiger partial charge >= 0.3 is 0 Å². The molecule has 4 heterocycles. The van der Waals surface area contributed by atoms with Crippen LogP contribution in [-0.2, 0) is 9.53 Å². The number of rotatable bonds is 6. The first-order valence-corrected chi connectivity index (χ1v) is 13.4. The molecule has 3 fully saturated rings. The summed E-state index contributed by atoms with van der Waals surface area (Å²) in [7, 11) is 0. The van der Waals surface area contributed by atoms with Crippen molar-refractivity contribution in [3.8, 4) is 0 Å². The second kappa shape index (κ2) is 9.23. The third-order valence-electron chi connectivity index (χ3n) is 7.30. The van der Waals surface area contributed by atoms with Crippen molar-refractivity contribution >= 4 is 32.7 Å². The molecule has 1 saturated carbocycles. The molecule has 1 aromatic carbocycles. The van der Waals surface area contributed by atoms with Gasteiger partial charge in [0.05, 0.1) is 16.4 Å². The smallest absolute Gasteiger partial charge is 0.243 e. The zero-order chi connectivity index (χ0) is 23.1. The van der Waals surface area contributed by atoms with Crippen LogP contribution >= 0.6 is 11.3 Å². The molecule has 3 aliphatic rings. The van der Waals surface area contributed by atoms with E-state index in [9.17, 15) is 4.79 Å². The average Bonchev–Trinajstić information content (AvgIpc) is 3.43. The van der Waals surface area contributed by atoms with Crippen molar-refractivity contribution < 1.29 is 9.53 Å². The normalized spacial score (nSPS) is 22.3. The van der Waals surface area contributed by atoms with Gasteiger partial charge in [0.15, 0.2) is 10.8 Å². The van der Waals surface area contributed by atoms with Crippen LogP contribution in [0.2, 0.25) is 0 Å². The van der Waals surface area contributed by atoms with Gasteiger partial charge in [-0.3, -0.25) is 4.79 Å². The summed E-state index contributed by atoms with van der Waals surface area (Å²) in [6.45, 7) is 4.44. The first-order valence-electron chi connectivity index (χ1n) is 12.6. The zero-order valence-corrected chi connectivity index (χ0v) is 20.4. The Bertz CT molecular complexity index is 1170. The highest BCUT2D eigenvalue weighted by Gasteiger charge is 2.35. The molecule has 0 unspecified atom stereocenters. The molecule has 2 saturated heterocycles. The molecule has 0 radical (unpaired) electrons. The number of fused-ring (bicyclic) bond motifs is 1. The van der Waals surface area contributed by atoms with E-state index in [4.69, 9.17) is 19.7 Å². The van der Waals surface area contributed by atoms with Crippen molar-refractivity contribution in [3.05, 3.63) is 47.4 Å². The fourth-order valence-electron chi connectivity index (χ4n) is 5.15. The van der Waals surface area contributed by atoms with Crippen LogP contribution in [0.25, 0.3) is 10.3 Å². The summed E-state index contributed by atoms with van der Waals surface area (Å²) in [5, 5.41) is 4.12. The molecule has 3 aromatic rings. The molecule has 0 spiro atoms. The third kappa shape index (κ3) is 4.29. The number of aromatic nitrogens is 3. The van der Waals surface area contributed by atoms with Crippen molar-refractivity contribution in [3.63, 3.8) is 0 Å². The van der Waals surface area contributed by atoms with Crippen molar-refractivity contribution in [1.29, 1.82) is 0 Å². The molecule has 2 atom stereocenters. The highest BCUT2D eigenvalue weighted by atomic mass is 32.1. The van der Waals surface area contributed by atoms with E-state index in [1.807, 2.05) is 25.1 Å². The minimum atomic E-state index is -0.195. The van der Waals surface area contributed by atoms with Gasteiger partial charge in [-0.2, -0.15) is 4.98 Å². The predicted molar refractivity (Wildman–Crippen MR) is 133 cm³/mol. The van der Waals surface area contributed by atoms with Gasteiger partial charge in [-0.25, -0.2) is 9.97 Å². The SMILES string of the molecule is C[C@@H](NC(=O)[C@H]1CCCN1c1nc2nc(C3CCOCC3)nc(C3CC3)c2s1)c1ccccc1. The Morgan fingerprint density at radius 2 is 1.85 bits per heavy atom. The minimum Gasteiger partial charge on any atom is -0.381 e. The summed E-state index contributed by atoms with van der Waals surface area (Å²) in [5.41, 5.74) is 3.10. The quantitative estimate of drug-likeness (QED) is 0.554. The first-order chi connectivity index (χ1) is 16.7. The maximum absolute atomic E-state index is 13.3. The second-order valence-electron chi connectivity index (χ2n) is 9.77. The summed E-state index contributed by atoms with van der Waals surface area (Å²) in [5.74, 6) is 1.89. The number of benzene rings is 1. The molecular weight excluding hydrogens is 446 g/mol. The monoisotopic (exact) mass is 477 g/mol. The minimum absolute atomic E-state index is 0.0270. The van der Waals surface area contributed by atoms with E-state index in [1.165, 1.54) is 18.5 Å². The lowest BCUT2D eigenvalue weighted by molar-refractivity contribution is -0.122. The number of nitrogens with one attached hydrogen (secondary N) is 1. The Balaban J connectivity index is 1.27. The summed E-state index contributed by atoms with van der Waals surface area (Å²) in [6, 6.07) is 9.90. The molecule has 1 N–H and O–H groups in total. The van der Waals surface area contributed by atoms with E-state index >= 15 is 0 Å². The van der Waals surface area contributed by atoms with Gasteiger partial charge in [-0.1, -0.05) is 41.7 Å². The molecule has 2 aliphatic heterocycles. The predicted octanol–water partition coefficient (Wildman–Crippen LogP) is 4.70. The summed E-state index contributed by atoms with van der Waals surface area (Å²) < 4.78 is 6.65. The van der Waals surface area contributed by atoms with E-state index < -0.39 is 0 Å². The van der Waals surface area contributed by atoms with E-state index in [0.717, 1.165) is 72.3 Å². The van der Waals surface area contributed by atoms with E-state index in [-0.39, 0.29) is 18.0 Å². The van der Waals surface area contributed by atoms with E-state index in [0.29, 0.717) is 11.8 Å². The molecule has 178 valence electrons. The first kappa shape index (κ1) is 21.9. The van der Waals surface area contributed by atoms with Crippen molar-refractivity contribution in [2.45, 2.75) is 69.4 Å². The maximum Gasteiger partial charge on any atom is 0.243 e. The van der Waals surface area contributed by atoms with Crippen LogP contribution < -0.4 is 10.2 Å². The number of hydrogen-bond acceptors (Lipinski definition) is 7. The topological polar surface area (TPSA) is 80.2 Å². The number of thiazole rings is 1. The lowest BCUT2D eigenvalue weighted by Crippen LogP contribution is -2.44. The Kier molecular flexibility index (Phi) is 5.95. The highest BCUT2D eigenvalue weighted by molar-refractivity contribution is 7.22. The number of ether oxygens (including phenoxy) is 1.